The van der Waals surface area contributed by atoms with Crippen LogP contribution in [-0.2, 0) is 4.79 Å². The van der Waals surface area contributed by atoms with Crippen molar-refractivity contribution in [2.75, 3.05) is 6.54 Å². The van der Waals surface area contributed by atoms with E-state index in [0.717, 1.165) is 13.0 Å². The van der Waals surface area contributed by atoms with Crippen LogP contribution in [0.3, 0.4) is 0 Å². The van der Waals surface area contributed by atoms with Gasteiger partial charge in [0.05, 0.1) is 6.04 Å². The van der Waals surface area contributed by atoms with E-state index in [-0.39, 0.29) is 30.3 Å². The lowest BCUT2D eigenvalue weighted by Crippen LogP contribution is -2.26. The van der Waals surface area contributed by atoms with Gasteiger partial charge in [0.1, 0.15) is 0 Å². The summed E-state index contributed by atoms with van der Waals surface area (Å²) in [5, 5.41) is 2.74. The third-order valence-corrected chi connectivity index (χ3v) is 1.92. The molecule has 0 aromatic carbocycles. The molecule has 0 aromatic rings. The van der Waals surface area contributed by atoms with Gasteiger partial charge in [-0.25, -0.2) is 0 Å². The van der Waals surface area contributed by atoms with Crippen LogP contribution in [0.25, 0.3) is 0 Å². The summed E-state index contributed by atoms with van der Waals surface area (Å²) < 4.78 is 0. The van der Waals surface area contributed by atoms with Crippen LogP contribution >= 0.6 is 12.4 Å². The second-order valence-corrected chi connectivity index (χ2v) is 2.79. The average Bonchev–Trinajstić information content (AvgIpc) is 2.37. The molecule has 3 nitrogen and oxygen atoms in total. The molecule has 3 N–H and O–H groups in total. The fourth-order valence-corrected chi connectivity index (χ4v) is 1.24. The molecule has 1 amide bonds. The number of amides is 1. The van der Waals surface area contributed by atoms with Crippen molar-refractivity contribution in [2.45, 2.75) is 18.9 Å². The van der Waals surface area contributed by atoms with Gasteiger partial charge in [-0.05, 0) is 12.8 Å². The third-order valence-electron chi connectivity index (χ3n) is 1.92. The maximum Gasteiger partial charge on any atom is 0.223 e. The Kier molecular flexibility index (Phi) is 4.72. The quantitative estimate of drug-likeness (QED) is 0.595. The van der Waals surface area contributed by atoms with E-state index < -0.39 is 0 Å². The molecule has 4 heteroatoms. The van der Waals surface area contributed by atoms with Crippen LogP contribution in [0.5, 0.6) is 0 Å². The summed E-state index contributed by atoms with van der Waals surface area (Å²) in [6.07, 6.45) is 6.57. The molecule has 0 aliphatic carbocycles. The van der Waals surface area contributed by atoms with Gasteiger partial charge in [0.25, 0.3) is 0 Å². The molecule has 0 unspecified atom stereocenters. The van der Waals surface area contributed by atoms with Crippen molar-refractivity contribution in [3.8, 4) is 12.3 Å². The highest BCUT2D eigenvalue weighted by molar-refractivity contribution is 5.85. The summed E-state index contributed by atoms with van der Waals surface area (Å²) in [6.45, 7) is 0.765. The predicted molar refractivity (Wildman–Crippen MR) is 49.8 cm³/mol. The molecule has 68 valence electrons. The Balaban J connectivity index is 0.00000121. The molecule has 1 fully saturated rings. The summed E-state index contributed by atoms with van der Waals surface area (Å²) in [5.74, 6) is 2.55. The first-order valence-corrected chi connectivity index (χ1v) is 3.73. The van der Waals surface area contributed by atoms with Gasteiger partial charge in [0.15, 0.2) is 0 Å². The zero-order valence-electron chi connectivity index (χ0n) is 6.75. The van der Waals surface area contributed by atoms with Gasteiger partial charge in [-0.1, -0.05) is 5.92 Å². The van der Waals surface area contributed by atoms with E-state index >= 15 is 0 Å². The highest BCUT2D eigenvalue weighted by atomic mass is 35.5. The van der Waals surface area contributed by atoms with Crippen LogP contribution in [0.1, 0.15) is 12.8 Å². The first kappa shape index (κ1) is 11.3. The van der Waals surface area contributed by atoms with E-state index in [1.807, 2.05) is 0 Å². The van der Waals surface area contributed by atoms with Crippen molar-refractivity contribution >= 4 is 18.3 Å². The van der Waals surface area contributed by atoms with Gasteiger partial charge in [0.2, 0.25) is 5.91 Å². The Labute approximate surface area is 78.5 Å². The second-order valence-electron chi connectivity index (χ2n) is 2.79. The lowest BCUT2D eigenvalue weighted by Gasteiger charge is -2.07. The number of rotatable bonds is 2. The first-order valence-electron chi connectivity index (χ1n) is 3.73. The molecular formula is C8H13ClN2O. The van der Waals surface area contributed by atoms with Crippen LogP contribution in [0, 0.1) is 18.3 Å². The highest BCUT2D eigenvalue weighted by Gasteiger charge is 2.24. The highest BCUT2D eigenvalue weighted by Crippen LogP contribution is 2.14. The second kappa shape index (κ2) is 5.02. The fourth-order valence-electron chi connectivity index (χ4n) is 1.24. The number of carbonyl (C=O) groups excluding carboxylic acids is 1. The monoisotopic (exact) mass is 188 g/mol. The minimum absolute atomic E-state index is 0. The Morgan fingerprint density at radius 2 is 2.50 bits per heavy atom. The third kappa shape index (κ3) is 2.72. The number of hydrogen-bond donors (Lipinski definition) is 2. The normalized spacial score (nSPS) is 23.7. The van der Waals surface area contributed by atoms with Crippen molar-refractivity contribution < 1.29 is 4.79 Å². The Morgan fingerprint density at radius 3 is 2.92 bits per heavy atom. The first-order chi connectivity index (χ1) is 5.24. The predicted octanol–water partition coefficient (Wildman–Crippen LogP) is -0.105. The summed E-state index contributed by atoms with van der Waals surface area (Å²) in [4.78, 5) is 11.0. The molecule has 0 saturated carbocycles. The molecule has 0 bridgehead atoms. The van der Waals surface area contributed by atoms with Gasteiger partial charge < -0.3 is 11.1 Å². The zero-order chi connectivity index (χ0) is 8.27. The molecule has 0 radical (unpaired) electrons. The standard InChI is InChI=1S/C8H12N2O.ClH/c1-2-7(9)5-6-3-4-10-8(6)11;/h1,6-7H,3-5,9H2,(H,10,11);1H/t6-,7+;/m0./s1. The van der Waals surface area contributed by atoms with Gasteiger partial charge >= 0.3 is 0 Å². The van der Waals surface area contributed by atoms with Crippen LogP contribution in [-0.4, -0.2) is 18.5 Å². The average molecular weight is 189 g/mol. The van der Waals surface area contributed by atoms with Crippen LogP contribution < -0.4 is 11.1 Å². The minimum atomic E-state index is -0.274. The van der Waals surface area contributed by atoms with Crippen LogP contribution in [0.4, 0.5) is 0 Å². The number of terminal acetylenes is 1. The molecule has 0 spiro atoms. The van der Waals surface area contributed by atoms with E-state index in [1.54, 1.807) is 0 Å². The summed E-state index contributed by atoms with van der Waals surface area (Å²) in [7, 11) is 0. The van der Waals surface area contributed by atoms with Crippen LogP contribution in [0.2, 0.25) is 0 Å². The van der Waals surface area contributed by atoms with Gasteiger partial charge in [-0.15, -0.1) is 18.8 Å². The fraction of sp³-hybridized carbons (Fsp3) is 0.625. The van der Waals surface area contributed by atoms with Crippen molar-refractivity contribution in [3.63, 3.8) is 0 Å². The lowest BCUT2D eigenvalue weighted by atomic mass is 9.99. The van der Waals surface area contributed by atoms with Gasteiger partial charge in [0, 0.05) is 12.5 Å². The number of halogens is 1. The SMILES string of the molecule is C#C[C@@H](N)C[C@@H]1CCNC1=O.Cl. The molecule has 12 heavy (non-hydrogen) atoms. The molecule has 1 heterocycles. The Bertz CT molecular complexity index is 200. The lowest BCUT2D eigenvalue weighted by molar-refractivity contribution is -0.122. The zero-order valence-corrected chi connectivity index (χ0v) is 7.56. The van der Waals surface area contributed by atoms with Gasteiger partial charge in [-0.3, -0.25) is 4.79 Å². The van der Waals surface area contributed by atoms with Crippen molar-refractivity contribution in [3.05, 3.63) is 0 Å². The summed E-state index contributed by atoms with van der Waals surface area (Å²) in [5.41, 5.74) is 5.50. The van der Waals surface area contributed by atoms with E-state index in [0.29, 0.717) is 6.42 Å². The topological polar surface area (TPSA) is 55.1 Å². The van der Waals surface area contributed by atoms with E-state index in [4.69, 9.17) is 12.2 Å². The maximum atomic E-state index is 11.0. The van der Waals surface area contributed by atoms with Crippen molar-refractivity contribution in [1.29, 1.82) is 0 Å². The number of nitrogens with two attached hydrogens (primary N) is 1. The van der Waals surface area contributed by atoms with E-state index in [9.17, 15) is 4.79 Å². The van der Waals surface area contributed by atoms with Crippen molar-refractivity contribution in [1.82, 2.24) is 5.32 Å². The number of hydrogen-bond acceptors (Lipinski definition) is 2. The molecule has 1 aliphatic heterocycles. The smallest absolute Gasteiger partial charge is 0.223 e. The largest absolute Gasteiger partial charge is 0.356 e. The van der Waals surface area contributed by atoms with Gasteiger partial charge in [-0.2, -0.15) is 0 Å². The molecular weight excluding hydrogens is 176 g/mol. The summed E-state index contributed by atoms with van der Waals surface area (Å²) in [6, 6.07) is -0.274. The molecule has 1 rings (SSSR count). The van der Waals surface area contributed by atoms with E-state index in [1.165, 1.54) is 0 Å². The Morgan fingerprint density at radius 1 is 1.83 bits per heavy atom. The summed E-state index contributed by atoms with van der Waals surface area (Å²) >= 11 is 0. The number of carbonyl (C=O) groups is 1. The van der Waals surface area contributed by atoms with E-state index in [2.05, 4.69) is 11.2 Å². The molecule has 1 saturated heterocycles. The molecule has 0 aromatic heterocycles. The van der Waals surface area contributed by atoms with Crippen LogP contribution in [0.15, 0.2) is 0 Å². The maximum absolute atomic E-state index is 11.0. The molecule has 2 atom stereocenters. The Hall–Kier alpha value is -0.720. The molecule has 1 aliphatic rings. The van der Waals surface area contributed by atoms with Crippen molar-refractivity contribution in [2.24, 2.45) is 11.7 Å². The minimum Gasteiger partial charge on any atom is -0.356 e. The number of nitrogens with one attached hydrogen (secondary N) is 1.